The Bertz CT molecular complexity index is 568. The predicted molar refractivity (Wildman–Crippen MR) is 55.8 cm³/mol. The van der Waals surface area contributed by atoms with Crippen LogP contribution in [0, 0.1) is 0 Å². The molecule has 16 heavy (non-hydrogen) atoms. The van der Waals surface area contributed by atoms with Crippen molar-refractivity contribution < 1.29 is 9.90 Å². The van der Waals surface area contributed by atoms with Crippen LogP contribution in [0.5, 0.6) is 0 Å². The van der Waals surface area contributed by atoms with Crippen LogP contribution in [0.15, 0.2) is 18.3 Å². The van der Waals surface area contributed by atoms with Crippen molar-refractivity contribution in [2.45, 2.75) is 6.04 Å². The number of carboxylic acid groups (broad SMARTS) is 1. The molecule has 3 heterocycles. The molecule has 1 unspecified atom stereocenters. The molecule has 1 aromatic rings. The zero-order chi connectivity index (χ0) is 11.1. The van der Waals surface area contributed by atoms with Crippen molar-refractivity contribution in [3.63, 3.8) is 0 Å². The van der Waals surface area contributed by atoms with E-state index in [1.54, 1.807) is 17.4 Å². The van der Waals surface area contributed by atoms with Crippen LogP contribution in [0.25, 0.3) is 12.0 Å². The summed E-state index contributed by atoms with van der Waals surface area (Å²) in [5, 5.41) is 15.4. The third-order valence-corrected chi connectivity index (χ3v) is 2.72. The number of fused-ring (bicyclic) bond motifs is 2. The molecule has 2 aliphatic heterocycles. The Morgan fingerprint density at radius 2 is 2.50 bits per heavy atom. The van der Waals surface area contributed by atoms with E-state index < -0.39 is 12.0 Å². The van der Waals surface area contributed by atoms with Gasteiger partial charge in [-0.1, -0.05) is 0 Å². The third kappa shape index (κ3) is 1.13. The summed E-state index contributed by atoms with van der Waals surface area (Å²) in [5.74, 6) is -0.131. The molecule has 2 aliphatic rings. The van der Waals surface area contributed by atoms with E-state index >= 15 is 0 Å². The molecular formula is C10H10N4O2. The second-order valence-electron chi connectivity index (χ2n) is 3.67. The highest BCUT2D eigenvalue weighted by Crippen LogP contribution is 2.12. The van der Waals surface area contributed by atoms with Gasteiger partial charge < -0.3 is 15.8 Å². The van der Waals surface area contributed by atoms with Gasteiger partial charge in [-0.15, -0.1) is 0 Å². The Hall–Kier alpha value is -2.24. The molecule has 0 radical (unpaired) electrons. The fourth-order valence-corrected chi connectivity index (χ4v) is 1.95. The smallest absolute Gasteiger partial charge is 0.330 e. The molecule has 0 amide bonds. The number of carbonyl (C=O) groups is 1. The third-order valence-electron chi connectivity index (χ3n) is 2.72. The van der Waals surface area contributed by atoms with Gasteiger partial charge in [0.25, 0.3) is 0 Å². The predicted octanol–water partition coefficient (Wildman–Crippen LogP) is -2.24. The maximum Gasteiger partial charge on any atom is 0.330 e. The highest BCUT2D eigenvalue weighted by atomic mass is 16.4. The topological polar surface area (TPSA) is 77.5 Å². The second kappa shape index (κ2) is 3.13. The van der Waals surface area contributed by atoms with Gasteiger partial charge in [-0.2, -0.15) is 0 Å². The van der Waals surface area contributed by atoms with E-state index in [2.05, 4.69) is 15.7 Å². The monoisotopic (exact) mass is 218 g/mol. The number of aliphatic carboxylic acids is 1. The summed E-state index contributed by atoms with van der Waals surface area (Å²) in [6.07, 6.45) is 3.45. The fourth-order valence-electron chi connectivity index (χ4n) is 1.95. The molecule has 0 bridgehead atoms. The van der Waals surface area contributed by atoms with Gasteiger partial charge in [-0.05, 0) is 12.1 Å². The average Bonchev–Trinajstić information content (AvgIpc) is 2.73. The van der Waals surface area contributed by atoms with E-state index in [0.29, 0.717) is 6.54 Å². The number of pyridine rings is 1. The van der Waals surface area contributed by atoms with Gasteiger partial charge in [0.15, 0.2) is 6.04 Å². The highest BCUT2D eigenvalue weighted by molar-refractivity contribution is 5.77. The zero-order valence-corrected chi connectivity index (χ0v) is 8.34. The molecule has 0 aliphatic carbocycles. The molecule has 1 saturated heterocycles. The summed E-state index contributed by atoms with van der Waals surface area (Å²) in [6.45, 7) is 0.377. The molecule has 0 spiro atoms. The van der Waals surface area contributed by atoms with E-state index in [0.717, 1.165) is 16.4 Å². The minimum atomic E-state index is -0.859. The molecule has 3 rings (SSSR count). The van der Waals surface area contributed by atoms with Gasteiger partial charge in [0, 0.05) is 24.2 Å². The first kappa shape index (κ1) is 9.02. The molecule has 82 valence electrons. The minimum Gasteiger partial charge on any atom is -0.480 e. The molecule has 1 fully saturated rings. The van der Waals surface area contributed by atoms with E-state index in [1.807, 2.05) is 12.1 Å². The first-order valence-corrected chi connectivity index (χ1v) is 4.95. The van der Waals surface area contributed by atoms with E-state index in [1.165, 1.54) is 0 Å². The van der Waals surface area contributed by atoms with Crippen LogP contribution in [-0.2, 0) is 4.79 Å². The Morgan fingerprint density at radius 3 is 3.31 bits per heavy atom. The zero-order valence-electron chi connectivity index (χ0n) is 8.34. The molecule has 3 N–H and O–H groups in total. The van der Waals surface area contributed by atoms with Crippen LogP contribution < -0.4 is 21.3 Å². The maximum atomic E-state index is 11.0. The van der Waals surface area contributed by atoms with Crippen molar-refractivity contribution in [3.05, 3.63) is 28.9 Å². The fraction of sp³-hybridized carbons (Fsp3) is 0.200. The lowest BCUT2D eigenvalue weighted by molar-refractivity contribution is -0.141. The van der Waals surface area contributed by atoms with Gasteiger partial charge in [0.1, 0.15) is 11.2 Å². The number of hydrazine groups is 1. The van der Waals surface area contributed by atoms with Crippen LogP contribution in [0.1, 0.15) is 0 Å². The summed E-state index contributed by atoms with van der Waals surface area (Å²) in [6, 6.07) is 3.17. The number of nitrogens with one attached hydrogen (secondary N) is 2. The summed E-state index contributed by atoms with van der Waals surface area (Å²) < 4.78 is 0. The minimum absolute atomic E-state index is 0.377. The van der Waals surface area contributed by atoms with Crippen LogP contribution >= 0.6 is 0 Å². The number of carboxylic acids is 1. The van der Waals surface area contributed by atoms with Crippen LogP contribution in [0.2, 0.25) is 0 Å². The van der Waals surface area contributed by atoms with Crippen molar-refractivity contribution in [3.8, 4) is 0 Å². The van der Waals surface area contributed by atoms with Crippen molar-refractivity contribution in [1.29, 1.82) is 0 Å². The molecule has 0 saturated carbocycles. The highest BCUT2D eigenvalue weighted by Gasteiger charge is 2.35. The molecule has 6 heteroatoms. The number of rotatable bonds is 1. The van der Waals surface area contributed by atoms with Crippen molar-refractivity contribution in [2.24, 2.45) is 0 Å². The lowest BCUT2D eigenvalue weighted by atomic mass is 10.3. The quantitative estimate of drug-likeness (QED) is 0.495. The Labute approximate surface area is 90.9 Å². The SMILES string of the molecule is O=C(O)C1CNC2=c3ncccc3=CNN21. The first-order chi connectivity index (χ1) is 7.77. The van der Waals surface area contributed by atoms with Gasteiger partial charge in [0.2, 0.25) is 0 Å². The van der Waals surface area contributed by atoms with E-state index in [-0.39, 0.29) is 0 Å². The first-order valence-electron chi connectivity index (χ1n) is 4.95. The molecule has 1 aromatic heterocycles. The summed E-state index contributed by atoms with van der Waals surface area (Å²) in [5.41, 5.74) is 2.96. The van der Waals surface area contributed by atoms with Crippen LogP contribution in [0.4, 0.5) is 0 Å². The molecule has 1 atom stereocenters. The van der Waals surface area contributed by atoms with Crippen molar-refractivity contribution in [2.75, 3.05) is 6.54 Å². The average molecular weight is 218 g/mol. The van der Waals surface area contributed by atoms with Crippen LogP contribution in [0.3, 0.4) is 0 Å². The Kier molecular flexibility index (Phi) is 1.76. The normalized spacial score (nSPS) is 21.4. The summed E-state index contributed by atoms with van der Waals surface area (Å²) in [7, 11) is 0. The largest absolute Gasteiger partial charge is 0.480 e. The molecule has 0 aromatic carbocycles. The van der Waals surface area contributed by atoms with Crippen LogP contribution in [-0.4, -0.2) is 33.7 Å². The number of hydrogen-bond donors (Lipinski definition) is 3. The Morgan fingerprint density at radius 1 is 1.62 bits per heavy atom. The Balaban J connectivity index is 2.18. The molecule has 6 nitrogen and oxygen atoms in total. The van der Waals surface area contributed by atoms with Crippen molar-refractivity contribution in [1.82, 2.24) is 20.7 Å². The number of aromatic nitrogens is 1. The van der Waals surface area contributed by atoms with E-state index in [9.17, 15) is 4.79 Å². The maximum absolute atomic E-state index is 11.0. The second-order valence-corrected chi connectivity index (χ2v) is 3.67. The lowest BCUT2D eigenvalue weighted by Crippen LogP contribution is -2.51. The summed E-state index contributed by atoms with van der Waals surface area (Å²) >= 11 is 0. The summed E-state index contributed by atoms with van der Waals surface area (Å²) in [4.78, 5) is 15.2. The van der Waals surface area contributed by atoms with Gasteiger partial charge >= 0.3 is 5.97 Å². The molecular weight excluding hydrogens is 208 g/mol. The number of hydrogen-bond acceptors (Lipinski definition) is 5. The van der Waals surface area contributed by atoms with Gasteiger partial charge in [-0.25, -0.2) is 4.79 Å². The van der Waals surface area contributed by atoms with E-state index in [4.69, 9.17) is 5.11 Å². The lowest BCUT2D eigenvalue weighted by Gasteiger charge is -2.24. The number of nitrogens with zero attached hydrogens (tertiary/aromatic N) is 2. The van der Waals surface area contributed by atoms with Gasteiger partial charge in [-0.3, -0.25) is 9.99 Å². The van der Waals surface area contributed by atoms with Gasteiger partial charge in [0.05, 0.1) is 0 Å². The van der Waals surface area contributed by atoms with Crippen molar-refractivity contribution >= 4 is 18.0 Å². The standard InChI is InChI=1S/C10H10N4O2/c15-10(16)7-5-12-9-8-6(2-1-3-11-8)4-13-14(7)9/h1-4,7,12-13H,5H2,(H,15,16).